The highest BCUT2D eigenvalue weighted by Gasteiger charge is 2.60. The van der Waals surface area contributed by atoms with Crippen molar-refractivity contribution in [1.29, 1.82) is 0 Å². The van der Waals surface area contributed by atoms with Crippen LogP contribution in [0.5, 0.6) is 0 Å². The third-order valence-corrected chi connectivity index (χ3v) is 17.0. The molecule has 0 unspecified atom stereocenters. The third kappa shape index (κ3) is 5.59. The molecule has 1 aromatic rings. The van der Waals surface area contributed by atoms with E-state index in [1.54, 1.807) is 0 Å². The van der Waals surface area contributed by atoms with Gasteiger partial charge in [-0.1, -0.05) is 41.5 Å². The second-order valence-corrected chi connectivity index (χ2v) is 22.0. The summed E-state index contributed by atoms with van der Waals surface area (Å²) < 4.78 is 49.8. The Balaban J connectivity index is 2.58. The van der Waals surface area contributed by atoms with Crippen molar-refractivity contribution in [2.75, 3.05) is 12.5 Å². The lowest BCUT2D eigenvalue weighted by atomic mass is 9.99. The fraction of sp³-hybridized carbons (Fsp3) is 0.818. The number of rotatable bonds is 7. The Morgan fingerprint density at radius 3 is 2.12 bits per heavy atom. The number of hydrogen-bond donors (Lipinski definition) is 1. The number of aromatic amines is 1. The standard InChI is InChI=1S/C22H39ClF2N2O5Si2/c1-20(2,3)33(7,8)30-13-22(12-23)16(32-34(9,10)21(4,5)6)15(25)18(31-22)27-11-14(24)17(28)26-19(27)29/h11,15-16,18H,12-13H2,1-10H3,(H,26,28,29)/t15-,16-,18+,22+/m0/s1. The number of ether oxygens (including phenoxy) is 1. The first kappa shape index (κ1) is 29.4. The van der Waals surface area contributed by atoms with E-state index in [0.717, 1.165) is 0 Å². The van der Waals surface area contributed by atoms with E-state index >= 15 is 4.39 Å². The molecule has 2 rings (SSSR count). The lowest BCUT2D eigenvalue weighted by molar-refractivity contribution is -0.110. The minimum Gasteiger partial charge on any atom is -0.414 e. The summed E-state index contributed by atoms with van der Waals surface area (Å²) >= 11 is 6.42. The van der Waals surface area contributed by atoms with Crippen molar-refractivity contribution in [3.8, 4) is 0 Å². The maximum absolute atomic E-state index is 16.1. The molecule has 0 amide bonds. The van der Waals surface area contributed by atoms with Gasteiger partial charge >= 0.3 is 5.69 Å². The van der Waals surface area contributed by atoms with Crippen LogP contribution in [0.25, 0.3) is 0 Å². The van der Waals surface area contributed by atoms with Crippen molar-refractivity contribution >= 4 is 28.2 Å². The molecule has 7 nitrogen and oxygen atoms in total. The first-order chi connectivity index (χ1) is 15.2. The average molecular weight is 541 g/mol. The van der Waals surface area contributed by atoms with Gasteiger partial charge in [-0.25, -0.2) is 9.18 Å². The molecule has 0 spiro atoms. The van der Waals surface area contributed by atoms with Crippen LogP contribution in [0.1, 0.15) is 47.8 Å². The molecule has 1 N–H and O–H groups in total. The molecule has 1 aliphatic rings. The van der Waals surface area contributed by atoms with Crippen molar-refractivity contribution in [3.05, 3.63) is 32.9 Å². The van der Waals surface area contributed by atoms with Gasteiger partial charge in [0.1, 0.15) is 11.7 Å². The van der Waals surface area contributed by atoms with Crippen molar-refractivity contribution < 1.29 is 22.4 Å². The van der Waals surface area contributed by atoms with Crippen LogP contribution in [-0.4, -0.2) is 56.5 Å². The van der Waals surface area contributed by atoms with Crippen LogP contribution in [0.4, 0.5) is 8.78 Å². The van der Waals surface area contributed by atoms with Crippen molar-refractivity contribution in [2.24, 2.45) is 0 Å². The quantitative estimate of drug-likeness (QED) is 0.391. The predicted octanol–water partition coefficient (Wildman–Crippen LogP) is 4.93. The summed E-state index contributed by atoms with van der Waals surface area (Å²) in [5.74, 6) is -1.39. The molecule has 0 saturated carbocycles. The highest BCUT2D eigenvalue weighted by Crippen LogP contribution is 2.47. The Kier molecular flexibility index (Phi) is 8.25. The fourth-order valence-corrected chi connectivity index (χ4v) is 5.78. The molecular weight excluding hydrogens is 502 g/mol. The number of halogens is 3. The minimum atomic E-state index is -2.53. The second-order valence-electron chi connectivity index (χ2n) is 12.1. The Labute approximate surface area is 207 Å². The zero-order valence-corrected chi connectivity index (χ0v) is 24.6. The number of nitrogens with one attached hydrogen (secondary N) is 1. The highest BCUT2D eigenvalue weighted by atomic mass is 35.5. The number of H-pyrrole nitrogens is 1. The molecule has 34 heavy (non-hydrogen) atoms. The Morgan fingerprint density at radius 2 is 1.65 bits per heavy atom. The topological polar surface area (TPSA) is 82.5 Å². The molecule has 196 valence electrons. The first-order valence-electron chi connectivity index (χ1n) is 11.4. The molecule has 1 fully saturated rings. The van der Waals surface area contributed by atoms with Gasteiger partial charge in [-0.05, 0) is 36.3 Å². The maximum Gasteiger partial charge on any atom is 0.330 e. The molecule has 4 atom stereocenters. The van der Waals surface area contributed by atoms with Gasteiger partial charge in [-0.2, -0.15) is 4.39 Å². The summed E-state index contributed by atoms with van der Waals surface area (Å²) in [5, 5.41) is -0.369. The SMILES string of the molecule is CC(C)(C)[Si](C)(C)OC[C@@]1(CCl)O[C@@H](n2cc(F)c(=O)[nH]c2=O)[C@@H](F)[C@@H]1O[Si](C)(C)C(C)(C)C. The molecule has 1 aliphatic heterocycles. The number of alkyl halides is 2. The van der Waals surface area contributed by atoms with Crippen LogP contribution >= 0.6 is 11.6 Å². The van der Waals surface area contributed by atoms with E-state index in [2.05, 4.69) is 33.9 Å². The van der Waals surface area contributed by atoms with E-state index in [1.165, 1.54) is 0 Å². The first-order valence-corrected chi connectivity index (χ1v) is 17.7. The molecule has 2 heterocycles. The van der Waals surface area contributed by atoms with Crippen LogP contribution < -0.4 is 11.2 Å². The lowest BCUT2D eigenvalue weighted by Crippen LogP contribution is -2.57. The van der Waals surface area contributed by atoms with E-state index in [1.807, 2.05) is 38.8 Å². The molecular formula is C22H39ClF2N2O5Si2. The largest absolute Gasteiger partial charge is 0.414 e. The van der Waals surface area contributed by atoms with Gasteiger partial charge in [0.05, 0.1) is 18.7 Å². The van der Waals surface area contributed by atoms with E-state index in [4.69, 9.17) is 25.2 Å². The van der Waals surface area contributed by atoms with E-state index < -0.39 is 57.8 Å². The molecule has 0 radical (unpaired) electrons. The normalized spacial score (nSPS) is 26.8. The predicted molar refractivity (Wildman–Crippen MR) is 135 cm³/mol. The van der Waals surface area contributed by atoms with Crippen LogP contribution in [0.3, 0.4) is 0 Å². The van der Waals surface area contributed by atoms with Gasteiger partial charge in [-0.3, -0.25) is 14.3 Å². The summed E-state index contributed by atoms with van der Waals surface area (Å²) in [6, 6.07) is 0. The average Bonchev–Trinajstić information content (AvgIpc) is 2.94. The summed E-state index contributed by atoms with van der Waals surface area (Å²) in [5.41, 5.74) is -3.60. The summed E-state index contributed by atoms with van der Waals surface area (Å²) in [4.78, 5) is 25.8. The minimum absolute atomic E-state index is 0.0518. The number of aromatic nitrogens is 2. The monoisotopic (exact) mass is 540 g/mol. The maximum atomic E-state index is 16.1. The zero-order valence-electron chi connectivity index (χ0n) is 21.8. The van der Waals surface area contributed by atoms with Crippen LogP contribution in [0.2, 0.25) is 36.3 Å². The van der Waals surface area contributed by atoms with Crippen molar-refractivity contribution in [2.45, 2.75) is 102 Å². The van der Waals surface area contributed by atoms with Crippen LogP contribution in [0.15, 0.2) is 15.8 Å². The lowest BCUT2D eigenvalue weighted by Gasteiger charge is -2.44. The Hall–Kier alpha value is -0.856. The van der Waals surface area contributed by atoms with Crippen molar-refractivity contribution in [3.63, 3.8) is 0 Å². The molecule has 1 aromatic heterocycles. The van der Waals surface area contributed by atoms with E-state index in [9.17, 15) is 14.0 Å². The molecule has 0 bridgehead atoms. The van der Waals surface area contributed by atoms with Gasteiger partial charge in [0, 0.05) is 0 Å². The van der Waals surface area contributed by atoms with Gasteiger partial charge in [0.15, 0.2) is 29.0 Å². The smallest absolute Gasteiger partial charge is 0.330 e. The zero-order chi connectivity index (χ0) is 26.5. The highest BCUT2D eigenvalue weighted by molar-refractivity contribution is 6.74. The second kappa shape index (κ2) is 9.55. The van der Waals surface area contributed by atoms with Gasteiger partial charge in [-0.15, -0.1) is 11.6 Å². The summed E-state index contributed by atoms with van der Waals surface area (Å²) in [6.07, 6.45) is -3.92. The Bertz CT molecular complexity index is 1000. The summed E-state index contributed by atoms with van der Waals surface area (Å²) in [7, 11) is -4.83. The van der Waals surface area contributed by atoms with Gasteiger partial charge in [0.25, 0.3) is 5.56 Å². The van der Waals surface area contributed by atoms with Crippen LogP contribution in [-0.2, 0) is 13.6 Å². The fourth-order valence-electron chi connectivity index (χ4n) is 3.12. The Morgan fingerprint density at radius 1 is 1.12 bits per heavy atom. The van der Waals surface area contributed by atoms with E-state index in [-0.39, 0.29) is 22.6 Å². The van der Waals surface area contributed by atoms with E-state index in [0.29, 0.717) is 10.8 Å². The van der Waals surface area contributed by atoms with Gasteiger partial charge in [0.2, 0.25) is 5.82 Å². The van der Waals surface area contributed by atoms with Gasteiger partial charge < -0.3 is 13.6 Å². The number of hydrogen-bond acceptors (Lipinski definition) is 5. The molecule has 12 heteroatoms. The number of nitrogens with zero attached hydrogens (tertiary/aromatic N) is 1. The third-order valence-electron chi connectivity index (χ3n) is 7.57. The molecule has 0 aromatic carbocycles. The van der Waals surface area contributed by atoms with Crippen molar-refractivity contribution in [1.82, 2.24) is 9.55 Å². The molecule has 0 aliphatic carbocycles. The molecule has 1 saturated heterocycles. The van der Waals surface area contributed by atoms with Crippen LogP contribution in [0, 0.1) is 5.82 Å². The summed E-state index contributed by atoms with van der Waals surface area (Å²) in [6.45, 7) is 20.3.